The molecule has 2 aromatic rings. The van der Waals surface area contributed by atoms with Crippen LogP contribution in [0.3, 0.4) is 0 Å². The zero-order valence-corrected chi connectivity index (χ0v) is 8.28. The van der Waals surface area contributed by atoms with Gasteiger partial charge in [-0.1, -0.05) is 0 Å². The van der Waals surface area contributed by atoms with Crippen LogP contribution in [0.4, 0.5) is 5.82 Å². The van der Waals surface area contributed by atoms with Gasteiger partial charge in [-0.05, 0) is 0 Å². The number of aromatic nitrogens is 4. The third-order valence-corrected chi connectivity index (χ3v) is 2.13. The monoisotopic (exact) mass is 225 g/mol. The first kappa shape index (κ1) is 10.7. The van der Waals surface area contributed by atoms with Crippen molar-refractivity contribution in [1.82, 2.24) is 19.5 Å². The molecule has 0 spiro atoms. The van der Waals surface area contributed by atoms with E-state index in [9.17, 15) is 5.11 Å². The molecular weight excluding hydrogens is 214 g/mol. The van der Waals surface area contributed by atoms with Crippen LogP contribution in [0.25, 0.3) is 11.2 Å². The second-order valence-corrected chi connectivity index (χ2v) is 3.24. The van der Waals surface area contributed by atoms with E-state index in [4.69, 9.17) is 10.3 Å². The zero-order chi connectivity index (χ0) is 11.5. The Balaban J connectivity index is 2.41. The van der Waals surface area contributed by atoms with Gasteiger partial charge in [0.25, 0.3) is 0 Å². The third kappa shape index (κ3) is 1.81. The van der Waals surface area contributed by atoms with Crippen LogP contribution in [0.1, 0.15) is 0 Å². The summed E-state index contributed by atoms with van der Waals surface area (Å²) in [5.41, 5.74) is 2.78. The normalized spacial score (nSPS) is 12.9. The van der Waals surface area contributed by atoms with Gasteiger partial charge in [0.15, 0.2) is 17.0 Å². The lowest BCUT2D eigenvalue weighted by molar-refractivity contribution is 0.0820. The molecule has 0 aliphatic carbocycles. The van der Waals surface area contributed by atoms with Crippen LogP contribution in [0.2, 0.25) is 0 Å². The van der Waals surface area contributed by atoms with E-state index in [1.165, 1.54) is 12.7 Å². The average Bonchev–Trinajstić information content (AvgIpc) is 2.72. The average molecular weight is 225 g/mol. The Hall–Kier alpha value is -1.77. The molecule has 0 aliphatic rings. The van der Waals surface area contributed by atoms with Crippen LogP contribution >= 0.6 is 0 Å². The van der Waals surface area contributed by atoms with Crippen LogP contribution < -0.4 is 5.48 Å². The van der Waals surface area contributed by atoms with Crippen molar-refractivity contribution in [1.29, 1.82) is 0 Å². The van der Waals surface area contributed by atoms with Gasteiger partial charge in [0.2, 0.25) is 0 Å². The predicted molar refractivity (Wildman–Crippen MR) is 53.8 cm³/mol. The summed E-state index contributed by atoms with van der Waals surface area (Å²) in [6.07, 6.45) is 1.85. The molecule has 4 N–H and O–H groups in total. The quantitative estimate of drug-likeness (QED) is 0.492. The van der Waals surface area contributed by atoms with Crippen molar-refractivity contribution in [2.75, 3.05) is 12.1 Å². The summed E-state index contributed by atoms with van der Waals surface area (Å²) in [6, 6.07) is 0. The summed E-state index contributed by atoms with van der Waals surface area (Å²) in [4.78, 5) is 11.8. The second kappa shape index (κ2) is 4.39. The molecule has 8 nitrogen and oxygen atoms in total. The van der Waals surface area contributed by atoms with E-state index >= 15 is 0 Å². The zero-order valence-electron chi connectivity index (χ0n) is 8.28. The Morgan fingerprint density at radius 1 is 1.38 bits per heavy atom. The predicted octanol–water partition coefficient (Wildman–Crippen LogP) is -1.02. The number of nitrogens with one attached hydrogen (secondary N) is 1. The fourth-order valence-corrected chi connectivity index (χ4v) is 1.38. The van der Waals surface area contributed by atoms with Gasteiger partial charge >= 0.3 is 0 Å². The molecule has 1 atom stereocenters. The maximum atomic E-state index is 9.31. The number of anilines is 1. The number of aliphatic hydroxyl groups is 2. The summed E-state index contributed by atoms with van der Waals surface area (Å²) >= 11 is 0. The number of imidazole rings is 1. The maximum Gasteiger partial charge on any atom is 0.181 e. The van der Waals surface area contributed by atoms with Crippen molar-refractivity contribution >= 4 is 17.0 Å². The highest BCUT2D eigenvalue weighted by Gasteiger charge is 2.11. The maximum absolute atomic E-state index is 9.31. The van der Waals surface area contributed by atoms with Crippen molar-refractivity contribution < 1.29 is 15.4 Å². The van der Waals surface area contributed by atoms with E-state index in [0.717, 1.165) is 0 Å². The van der Waals surface area contributed by atoms with E-state index in [-0.39, 0.29) is 19.0 Å². The number of nitrogens with zero attached hydrogens (tertiary/aromatic N) is 4. The molecular formula is C8H11N5O3. The molecule has 0 saturated carbocycles. The minimum absolute atomic E-state index is 0.175. The van der Waals surface area contributed by atoms with E-state index in [2.05, 4.69) is 15.0 Å². The molecule has 0 radical (unpaired) electrons. The van der Waals surface area contributed by atoms with Crippen molar-refractivity contribution in [3.8, 4) is 0 Å². The first-order chi connectivity index (χ1) is 7.76. The van der Waals surface area contributed by atoms with Gasteiger partial charge in [0.1, 0.15) is 6.33 Å². The van der Waals surface area contributed by atoms with Crippen molar-refractivity contribution in [2.24, 2.45) is 0 Å². The SMILES string of the molecule is OC[C@H](O)Cn1cnc2c(NO)ncnc21. The second-order valence-electron chi connectivity index (χ2n) is 3.24. The fraction of sp³-hybridized carbons (Fsp3) is 0.375. The molecule has 2 aromatic heterocycles. The largest absolute Gasteiger partial charge is 0.394 e. The number of hydrogen-bond donors (Lipinski definition) is 4. The molecule has 2 rings (SSSR count). The molecule has 2 heterocycles. The highest BCUT2D eigenvalue weighted by molar-refractivity contribution is 5.81. The van der Waals surface area contributed by atoms with E-state index in [1.807, 2.05) is 5.48 Å². The standard InChI is InChI=1S/C8H11N5O3/c14-2-5(15)1-13-4-11-6-7(12-16)9-3-10-8(6)13/h3-5,14-16H,1-2H2,(H,9,10,12)/t5-/m1/s1. The van der Waals surface area contributed by atoms with Crippen LogP contribution in [0.15, 0.2) is 12.7 Å². The number of aliphatic hydroxyl groups excluding tert-OH is 2. The summed E-state index contributed by atoms with van der Waals surface area (Å²) < 4.78 is 1.57. The molecule has 0 bridgehead atoms. The highest BCUT2D eigenvalue weighted by Crippen LogP contribution is 2.16. The Labute approximate surface area is 90.2 Å². The molecule has 0 aliphatic heterocycles. The molecule has 0 fully saturated rings. The van der Waals surface area contributed by atoms with E-state index < -0.39 is 6.10 Å². The minimum Gasteiger partial charge on any atom is -0.394 e. The van der Waals surface area contributed by atoms with Crippen molar-refractivity contribution in [3.05, 3.63) is 12.7 Å². The lowest BCUT2D eigenvalue weighted by atomic mass is 10.4. The fourth-order valence-electron chi connectivity index (χ4n) is 1.38. The lowest BCUT2D eigenvalue weighted by Crippen LogP contribution is -2.19. The van der Waals surface area contributed by atoms with Gasteiger partial charge in [0.05, 0.1) is 25.6 Å². The Morgan fingerprint density at radius 2 is 2.19 bits per heavy atom. The van der Waals surface area contributed by atoms with E-state index in [0.29, 0.717) is 11.2 Å². The summed E-state index contributed by atoms with van der Waals surface area (Å²) in [6.45, 7) is -0.162. The minimum atomic E-state index is -0.877. The molecule has 16 heavy (non-hydrogen) atoms. The van der Waals surface area contributed by atoms with Crippen molar-refractivity contribution in [3.63, 3.8) is 0 Å². The van der Waals surface area contributed by atoms with Crippen molar-refractivity contribution in [2.45, 2.75) is 12.6 Å². The summed E-state index contributed by atoms with van der Waals surface area (Å²) in [5.74, 6) is 0.197. The molecule has 0 aromatic carbocycles. The number of rotatable bonds is 4. The van der Waals surface area contributed by atoms with Gasteiger partial charge in [-0.25, -0.2) is 15.0 Å². The Bertz CT molecular complexity index is 485. The smallest absolute Gasteiger partial charge is 0.181 e. The summed E-state index contributed by atoms with van der Waals surface area (Å²) in [7, 11) is 0. The summed E-state index contributed by atoms with van der Waals surface area (Å²) in [5, 5.41) is 26.8. The molecule has 8 heteroatoms. The third-order valence-electron chi connectivity index (χ3n) is 2.13. The van der Waals surface area contributed by atoms with Crippen LogP contribution in [-0.4, -0.2) is 47.7 Å². The first-order valence-electron chi connectivity index (χ1n) is 4.61. The molecule has 86 valence electrons. The van der Waals surface area contributed by atoms with Gasteiger partial charge in [0, 0.05) is 0 Å². The van der Waals surface area contributed by atoms with Gasteiger partial charge in [-0.3, -0.25) is 10.7 Å². The van der Waals surface area contributed by atoms with Gasteiger partial charge < -0.3 is 14.8 Å². The van der Waals surface area contributed by atoms with Crippen LogP contribution in [-0.2, 0) is 6.54 Å². The number of fused-ring (bicyclic) bond motifs is 1. The molecule has 0 saturated heterocycles. The highest BCUT2D eigenvalue weighted by atomic mass is 16.5. The molecule has 0 amide bonds. The van der Waals surface area contributed by atoms with Crippen LogP contribution in [0.5, 0.6) is 0 Å². The van der Waals surface area contributed by atoms with E-state index in [1.54, 1.807) is 4.57 Å². The van der Waals surface area contributed by atoms with Crippen LogP contribution in [0, 0.1) is 0 Å². The molecule has 0 unspecified atom stereocenters. The lowest BCUT2D eigenvalue weighted by Gasteiger charge is -2.08. The Kier molecular flexibility index (Phi) is 2.95. The topological polar surface area (TPSA) is 116 Å². The van der Waals surface area contributed by atoms with Gasteiger partial charge in [-0.2, -0.15) is 0 Å². The number of hydrogen-bond acceptors (Lipinski definition) is 7. The Morgan fingerprint density at radius 3 is 2.88 bits per heavy atom. The first-order valence-corrected chi connectivity index (χ1v) is 4.61. The van der Waals surface area contributed by atoms with Gasteiger partial charge in [-0.15, -0.1) is 0 Å².